The lowest BCUT2D eigenvalue weighted by atomic mass is 10.1. The fourth-order valence-corrected chi connectivity index (χ4v) is 4.92. The topological polar surface area (TPSA) is 207 Å². The van der Waals surface area contributed by atoms with Gasteiger partial charge >= 0.3 is 19.4 Å². The molecule has 2 heterocycles. The van der Waals surface area contributed by atoms with E-state index in [0.717, 1.165) is 16.8 Å². The molecule has 1 aromatic carbocycles. The first-order valence-corrected chi connectivity index (χ1v) is 12.7. The number of para-hydroxylation sites is 1. The van der Waals surface area contributed by atoms with Crippen molar-refractivity contribution in [2.24, 2.45) is 5.11 Å². The molecule has 3 rings (SSSR count). The Labute approximate surface area is 210 Å². The van der Waals surface area contributed by atoms with Crippen LogP contribution in [0.1, 0.15) is 27.0 Å². The molecule has 1 aromatic heterocycles. The second kappa shape index (κ2) is 12.2. The fourth-order valence-electron chi connectivity index (χ4n) is 3.42. The van der Waals surface area contributed by atoms with E-state index in [4.69, 9.17) is 24.1 Å². The minimum absolute atomic E-state index is 0.167. The molecule has 0 amide bonds. The van der Waals surface area contributed by atoms with E-state index >= 15 is 0 Å². The standard InChI is InChI=1S/C21H27N6O9P/c1-12(2)34-20(30)13(3)25-37(32,36-14-7-5-4-6-8-14)33-11-15-18(29)17(24-26-22)19(35-15)27-10-9-16(28)23-21(27)31/h4-10,12-13,15,17-19,29H,11H2,1-3H3,(H,25,32)(H,23,28,31)/t13-,15+,17+,18+,19+,37+/m0/s1. The number of aromatic amines is 1. The maximum atomic E-state index is 13.6. The molecular formula is C21H27N6O9P. The molecule has 15 nitrogen and oxygen atoms in total. The number of aliphatic hydroxyl groups is 1. The van der Waals surface area contributed by atoms with Crippen LogP contribution in [0.2, 0.25) is 0 Å². The average molecular weight is 538 g/mol. The molecule has 0 saturated carbocycles. The van der Waals surface area contributed by atoms with Crippen molar-refractivity contribution in [3.63, 3.8) is 0 Å². The van der Waals surface area contributed by atoms with Gasteiger partial charge in [0, 0.05) is 17.2 Å². The van der Waals surface area contributed by atoms with E-state index in [0.29, 0.717) is 0 Å². The zero-order valence-electron chi connectivity index (χ0n) is 20.2. The van der Waals surface area contributed by atoms with Crippen LogP contribution in [0, 0.1) is 0 Å². The molecular weight excluding hydrogens is 511 g/mol. The van der Waals surface area contributed by atoms with Crippen molar-refractivity contribution < 1.29 is 33.0 Å². The number of carbonyl (C=O) groups is 1. The molecule has 3 N–H and O–H groups in total. The summed E-state index contributed by atoms with van der Waals surface area (Å²) < 4.78 is 36.4. The number of aromatic nitrogens is 2. The van der Waals surface area contributed by atoms with Gasteiger partial charge in [0.05, 0.1) is 18.8 Å². The number of nitrogens with one attached hydrogen (secondary N) is 2. The smallest absolute Gasteiger partial charge is 0.459 e. The van der Waals surface area contributed by atoms with Gasteiger partial charge < -0.3 is 19.1 Å². The Morgan fingerprint density at radius 1 is 1.30 bits per heavy atom. The van der Waals surface area contributed by atoms with Crippen molar-refractivity contribution in [3.8, 4) is 5.75 Å². The van der Waals surface area contributed by atoms with Crippen LogP contribution in [0.25, 0.3) is 10.4 Å². The van der Waals surface area contributed by atoms with E-state index in [2.05, 4.69) is 15.1 Å². The molecule has 0 bridgehead atoms. The molecule has 0 spiro atoms. The Balaban J connectivity index is 1.82. The van der Waals surface area contributed by atoms with Crippen molar-refractivity contribution in [1.29, 1.82) is 0 Å². The van der Waals surface area contributed by atoms with Crippen LogP contribution in [0.15, 0.2) is 57.3 Å². The molecule has 0 unspecified atom stereocenters. The Morgan fingerprint density at radius 2 is 2.00 bits per heavy atom. The first kappa shape index (κ1) is 28.1. The summed E-state index contributed by atoms with van der Waals surface area (Å²) in [4.78, 5) is 40.6. The quantitative estimate of drug-likeness (QED) is 0.124. The zero-order chi connectivity index (χ0) is 27.2. The highest BCUT2D eigenvalue weighted by molar-refractivity contribution is 7.52. The zero-order valence-corrected chi connectivity index (χ0v) is 21.1. The van der Waals surface area contributed by atoms with Gasteiger partial charge in [-0.15, -0.1) is 0 Å². The van der Waals surface area contributed by atoms with Gasteiger partial charge in [-0.1, -0.05) is 23.3 Å². The van der Waals surface area contributed by atoms with Crippen LogP contribution in [-0.4, -0.2) is 57.6 Å². The van der Waals surface area contributed by atoms with Crippen molar-refractivity contribution in [3.05, 3.63) is 73.9 Å². The number of benzene rings is 1. The van der Waals surface area contributed by atoms with Gasteiger partial charge in [0.1, 0.15) is 30.2 Å². The number of esters is 1. The van der Waals surface area contributed by atoms with E-state index in [1.54, 1.807) is 32.0 Å². The highest BCUT2D eigenvalue weighted by Gasteiger charge is 2.46. The van der Waals surface area contributed by atoms with E-state index < -0.39 is 68.2 Å². The Hall–Kier alpha value is -3.45. The summed E-state index contributed by atoms with van der Waals surface area (Å²) in [5.74, 6) is -0.533. The van der Waals surface area contributed by atoms with Gasteiger partial charge in [0.25, 0.3) is 5.56 Å². The summed E-state index contributed by atoms with van der Waals surface area (Å²) in [5.41, 5.74) is 7.43. The number of ether oxygens (including phenoxy) is 2. The second-order valence-electron chi connectivity index (χ2n) is 8.30. The van der Waals surface area contributed by atoms with Crippen LogP contribution in [0.3, 0.4) is 0 Å². The van der Waals surface area contributed by atoms with Crippen LogP contribution >= 0.6 is 7.75 Å². The summed E-state index contributed by atoms with van der Waals surface area (Å²) in [6.45, 7) is 4.16. The molecule has 1 fully saturated rings. The van der Waals surface area contributed by atoms with E-state index in [9.17, 15) is 24.1 Å². The molecule has 6 atom stereocenters. The van der Waals surface area contributed by atoms with Crippen LogP contribution in [0.4, 0.5) is 0 Å². The molecule has 200 valence electrons. The van der Waals surface area contributed by atoms with Gasteiger partial charge in [0.15, 0.2) is 0 Å². The highest BCUT2D eigenvalue weighted by atomic mass is 31.2. The molecule has 1 aliphatic heterocycles. The lowest BCUT2D eigenvalue weighted by molar-refractivity contribution is -0.149. The molecule has 0 aliphatic carbocycles. The monoisotopic (exact) mass is 538 g/mol. The number of H-pyrrole nitrogens is 1. The highest BCUT2D eigenvalue weighted by Crippen LogP contribution is 2.46. The third-order valence-corrected chi connectivity index (χ3v) is 6.73. The third-order valence-electron chi connectivity index (χ3n) is 5.08. The minimum Gasteiger partial charge on any atom is -0.462 e. The summed E-state index contributed by atoms with van der Waals surface area (Å²) in [6, 6.07) is 6.69. The van der Waals surface area contributed by atoms with Crippen molar-refractivity contribution in [1.82, 2.24) is 14.6 Å². The normalized spacial score (nSPS) is 23.6. The van der Waals surface area contributed by atoms with Gasteiger partial charge in [-0.05, 0) is 38.4 Å². The van der Waals surface area contributed by atoms with E-state index in [1.165, 1.54) is 19.1 Å². The van der Waals surface area contributed by atoms with Gasteiger partial charge in [-0.2, -0.15) is 5.09 Å². The van der Waals surface area contributed by atoms with Crippen LogP contribution < -0.4 is 20.9 Å². The van der Waals surface area contributed by atoms with Crippen LogP contribution in [-0.2, 0) is 23.4 Å². The first-order valence-electron chi connectivity index (χ1n) is 11.2. The maximum Gasteiger partial charge on any atom is 0.459 e. The third kappa shape index (κ3) is 7.29. The van der Waals surface area contributed by atoms with E-state index in [-0.39, 0.29) is 5.75 Å². The minimum atomic E-state index is -4.28. The fraction of sp³-hybridized carbons (Fsp3) is 0.476. The van der Waals surface area contributed by atoms with Gasteiger partial charge in [-0.3, -0.25) is 23.7 Å². The van der Waals surface area contributed by atoms with Gasteiger partial charge in [0.2, 0.25) is 0 Å². The summed E-state index contributed by atoms with van der Waals surface area (Å²) >= 11 is 0. The predicted molar refractivity (Wildman–Crippen MR) is 129 cm³/mol. The number of aliphatic hydroxyl groups excluding tert-OH is 1. The Morgan fingerprint density at radius 3 is 2.62 bits per heavy atom. The van der Waals surface area contributed by atoms with Crippen LogP contribution in [0.5, 0.6) is 5.75 Å². The number of rotatable bonds is 11. The number of hydrogen-bond donors (Lipinski definition) is 3. The molecule has 1 aliphatic rings. The Kier molecular flexibility index (Phi) is 9.27. The largest absolute Gasteiger partial charge is 0.462 e. The Bertz CT molecular complexity index is 1290. The maximum absolute atomic E-state index is 13.6. The molecule has 1 saturated heterocycles. The molecule has 2 aromatic rings. The lowest BCUT2D eigenvalue weighted by Crippen LogP contribution is -2.38. The summed E-state index contributed by atoms with van der Waals surface area (Å²) in [6.07, 6.45) is -3.33. The molecule has 37 heavy (non-hydrogen) atoms. The lowest BCUT2D eigenvalue weighted by Gasteiger charge is -2.25. The predicted octanol–water partition coefficient (Wildman–Crippen LogP) is 1.61. The first-order chi connectivity index (χ1) is 17.5. The number of azide groups is 1. The number of hydrogen-bond acceptors (Lipinski definition) is 10. The number of carbonyl (C=O) groups excluding carboxylic acids is 1. The molecule has 0 radical (unpaired) electrons. The van der Waals surface area contributed by atoms with Gasteiger partial charge in [-0.25, -0.2) is 9.36 Å². The summed E-state index contributed by atoms with van der Waals surface area (Å²) in [5, 5.41) is 16.7. The molecule has 16 heteroatoms. The number of nitrogens with zero attached hydrogens (tertiary/aromatic N) is 4. The average Bonchev–Trinajstić information content (AvgIpc) is 3.13. The van der Waals surface area contributed by atoms with Crippen molar-refractivity contribution in [2.75, 3.05) is 6.61 Å². The second-order valence-corrected chi connectivity index (χ2v) is 10.00. The SMILES string of the molecule is CC(C)OC(=O)[C@H](C)N[P@@](=O)(OC[C@H]1O[C@@H](n2ccc(=O)[nH]c2=O)[C@H](N=[N+]=[N-])[C@@H]1O)Oc1ccccc1. The summed E-state index contributed by atoms with van der Waals surface area (Å²) in [7, 11) is -4.28. The van der Waals surface area contributed by atoms with Crippen molar-refractivity contribution >= 4 is 13.7 Å². The van der Waals surface area contributed by atoms with E-state index in [1.807, 2.05) is 4.98 Å². The van der Waals surface area contributed by atoms with Crippen molar-refractivity contribution in [2.45, 2.75) is 57.4 Å².